The molecule has 3 aromatic carbocycles. The standard InChI is InChI=1S/C27H27N3O3S/c28-17-7-18-30(19-16-22-8-3-1-4-9-22)27(34)29-26(31)23-12-14-25(15-13-23)33-21-20-32-24-10-5-2-6-11-24/h1-6,8-15H,7,16,18-21H2,(H,29,31,34). The van der Waals surface area contributed by atoms with E-state index in [0.717, 1.165) is 12.2 Å². The van der Waals surface area contributed by atoms with E-state index in [1.165, 1.54) is 5.56 Å². The molecule has 7 heteroatoms. The Hall–Kier alpha value is -3.89. The van der Waals surface area contributed by atoms with Gasteiger partial charge in [-0.05, 0) is 60.6 Å². The molecule has 0 aliphatic heterocycles. The summed E-state index contributed by atoms with van der Waals surface area (Å²) in [6.07, 6.45) is 1.09. The third-order valence-electron chi connectivity index (χ3n) is 4.99. The molecule has 3 aromatic rings. The van der Waals surface area contributed by atoms with Gasteiger partial charge in [0.2, 0.25) is 0 Å². The lowest BCUT2D eigenvalue weighted by molar-refractivity contribution is 0.0973. The van der Waals surface area contributed by atoms with E-state index < -0.39 is 0 Å². The van der Waals surface area contributed by atoms with Crippen molar-refractivity contribution >= 4 is 23.2 Å². The van der Waals surface area contributed by atoms with Crippen molar-refractivity contribution in [3.8, 4) is 17.6 Å². The molecule has 0 atom stereocenters. The van der Waals surface area contributed by atoms with Crippen molar-refractivity contribution in [2.45, 2.75) is 12.8 Å². The molecule has 0 spiro atoms. The lowest BCUT2D eigenvalue weighted by atomic mass is 10.1. The number of amides is 1. The zero-order chi connectivity index (χ0) is 24.0. The topological polar surface area (TPSA) is 74.6 Å². The number of carbonyl (C=O) groups excluding carboxylic acids is 1. The van der Waals surface area contributed by atoms with Crippen molar-refractivity contribution in [3.63, 3.8) is 0 Å². The van der Waals surface area contributed by atoms with E-state index >= 15 is 0 Å². The van der Waals surface area contributed by atoms with E-state index in [9.17, 15) is 4.79 Å². The Morgan fingerprint density at radius 3 is 2.06 bits per heavy atom. The molecule has 0 aromatic heterocycles. The summed E-state index contributed by atoms with van der Waals surface area (Å²) >= 11 is 5.46. The van der Waals surface area contributed by atoms with Gasteiger partial charge in [-0.3, -0.25) is 10.1 Å². The van der Waals surface area contributed by atoms with Crippen LogP contribution in [0.3, 0.4) is 0 Å². The monoisotopic (exact) mass is 473 g/mol. The van der Waals surface area contributed by atoms with Gasteiger partial charge in [-0.2, -0.15) is 5.26 Å². The Labute approximate surface area is 205 Å². The number of rotatable bonds is 11. The largest absolute Gasteiger partial charge is 0.490 e. The second-order valence-electron chi connectivity index (χ2n) is 7.42. The number of thiocarbonyl (C=S) groups is 1. The van der Waals surface area contributed by atoms with Crippen LogP contribution in [-0.4, -0.2) is 42.2 Å². The van der Waals surface area contributed by atoms with Crippen molar-refractivity contribution < 1.29 is 14.3 Å². The Balaban J connectivity index is 1.47. The van der Waals surface area contributed by atoms with Gasteiger partial charge in [0.25, 0.3) is 5.91 Å². The number of hydrogen-bond donors (Lipinski definition) is 1. The highest BCUT2D eigenvalue weighted by Crippen LogP contribution is 2.13. The lowest BCUT2D eigenvalue weighted by Crippen LogP contribution is -2.44. The first kappa shape index (κ1) is 24.7. The van der Waals surface area contributed by atoms with Crippen molar-refractivity contribution in [2.75, 3.05) is 26.3 Å². The summed E-state index contributed by atoms with van der Waals surface area (Å²) in [5.41, 5.74) is 1.64. The molecule has 1 N–H and O–H groups in total. The Morgan fingerprint density at radius 2 is 1.44 bits per heavy atom. The summed E-state index contributed by atoms with van der Waals surface area (Å²) in [4.78, 5) is 14.5. The fourth-order valence-corrected chi connectivity index (χ4v) is 3.47. The van der Waals surface area contributed by atoms with Crippen LogP contribution in [0.25, 0.3) is 0 Å². The number of nitrogens with one attached hydrogen (secondary N) is 1. The molecule has 0 heterocycles. The molecule has 1 amide bonds. The lowest BCUT2D eigenvalue weighted by Gasteiger charge is -2.24. The van der Waals surface area contributed by atoms with Gasteiger partial charge in [0.05, 0.1) is 12.5 Å². The van der Waals surface area contributed by atoms with Crippen LogP contribution in [0.2, 0.25) is 0 Å². The highest BCUT2D eigenvalue weighted by Gasteiger charge is 2.14. The zero-order valence-corrected chi connectivity index (χ0v) is 19.7. The first-order valence-corrected chi connectivity index (χ1v) is 11.5. The molecule has 0 bridgehead atoms. The van der Waals surface area contributed by atoms with Gasteiger partial charge in [0.15, 0.2) is 5.11 Å². The van der Waals surface area contributed by atoms with Gasteiger partial charge in [0, 0.05) is 18.7 Å². The molecule has 0 radical (unpaired) electrons. The van der Waals surface area contributed by atoms with Gasteiger partial charge in [0.1, 0.15) is 24.7 Å². The number of nitrogens with zero attached hydrogens (tertiary/aromatic N) is 2. The average molecular weight is 474 g/mol. The van der Waals surface area contributed by atoms with Crippen molar-refractivity contribution in [2.24, 2.45) is 0 Å². The van der Waals surface area contributed by atoms with Crippen LogP contribution in [0, 0.1) is 11.3 Å². The molecule has 0 saturated heterocycles. The van der Waals surface area contributed by atoms with E-state index in [4.69, 9.17) is 27.0 Å². The summed E-state index contributed by atoms with van der Waals surface area (Å²) in [5.74, 6) is 1.14. The van der Waals surface area contributed by atoms with E-state index in [0.29, 0.717) is 49.1 Å². The van der Waals surface area contributed by atoms with Crippen LogP contribution in [0.4, 0.5) is 0 Å². The maximum absolute atomic E-state index is 12.7. The van der Waals surface area contributed by atoms with Crippen LogP contribution in [0.5, 0.6) is 11.5 Å². The quantitative estimate of drug-likeness (QED) is 0.324. The van der Waals surface area contributed by atoms with Gasteiger partial charge >= 0.3 is 0 Å². The van der Waals surface area contributed by atoms with E-state index in [-0.39, 0.29) is 5.91 Å². The summed E-state index contributed by atoms with van der Waals surface area (Å²) in [7, 11) is 0. The predicted molar refractivity (Wildman–Crippen MR) is 136 cm³/mol. The molecule has 174 valence electrons. The van der Waals surface area contributed by atoms with E-state index in [1.807, 2.05) is 65.6 Å². The van der Waals surface area contributed by atoms with Crippen molar-refractivity contribution in [3.05, 3.63) is 96.1 Å². The molecule has 0 unspecified atom stereocenters. The highest BCUT2D eigenvalue weighted by molar-refractivity contribution is 7.80. The van der Waals surface area contributed by atoms with Crippen LogP contribution in [0.1, 0.15) is 22.3 Å². The fourth-order valence-electron chi connectivity index (χ4n) is 3.20. The fraction of sp³-hybridized carbons (Fsp3) is 0.222. The minimum absolute atomic E-state index is 0.300. The summed E-state index contributed by atoms with van der Waals surface area (Å²) in [6, 6.07) is 28.6. The normalized spacial score (nSPS) is 10.1. The first-order chi connectivity index (χ1) is 16.7. The van der Waals surface area contributed by atoms with Crippen LogP contribution >= 0.6 is 12.2 Å². The van der Waals surface area contributed by atoms with Crippen LogP contribution in [-0.2, 0) is 6.42 Å². The maximum atomic E-state index is 12.7. The molecular formula is C27H27N3O3S. The molecule has 0 fully saturated rings. The minimum Gasteiger partial charge on any atom is -0.490 e. The third-order valence-corrected chi connectivity index (χ3v) is 5.36. The van der Waals surface area contributed by atoms with E-state index in [1.54, 1.807) is 24.3 Å². The number of para-hydroxylation sites is 1. The molecule has 6 nitrogen and oxygen atoms in total. The van der Waals surface area contributed by atoms with Gasteiger partial charge in [-0.1, -0.05) is 48.5 Å². The van der Waals surface area contributed by atoms with Gasteiger partial charge in [-0.25, -0.2) is 0 Å². The molecule has 0 saturated carbocycles. The smallest absolute Gasteiger partial charge is 0.257 e. The molecular weight excluding hydrogens is 446 g/mol. The Morgan fingerprint density at radius 1 is 0.853 bits per heavy atom. The molecule has 0 aliphatic carbocycles. The Kier molecular flexibility index (Phi) is 9.91. The van der Waals surface area contributed by atoms with Crippen molar-refractivity contribution in [1.82, 2.24) is 10.2 Å². The van der Waals surface area contributed by atoms with Crippen molar-refractivity contribution in [1.29, 1.82) is 5.26 Å². The highest BCUT2D eigenvalue weighted by atomic mass is 32.1. The minimum atomic E-state index is -0.300. The molecule has 0 aliphatic rings. The van der Waals surface area contributed by atoms with Gasteiger partial charge in [-0.15, -0.1) is 0 Å². The average Bonchev–Trinajstić information content (AvgIpc) is 2.88. The van der Waals surface area contributed by atoms with Crippen LogP contribution in [0.15, 0.2) is 84.9 Å². The summed E-state index contributed by atoms with van der Waals surface area (Å²) < 4.78 is 11.3. The first-order valence-electron chi connectivity index (χ1n) is 11.1. The Bertz CT molecular complexity index is 1080. The SMILES string of the molecule is N#CCCN(CCc1ccccc1)C(=S)NC(=O)c1ccc(OCCOc2ccccc2)cc1. The number of hydrogen-bond acceptors (Lipinski definition) is 5. The van der Waals surface area contributed by atoms with E-state index in [2.05, 4.69) is 11.4 Å². The van der Waals surface area contributed by atoms with Crippen LogP contribution < -0.4 is 14.8 Å². The predicted octanol–water partition coefficient (Wildman–Crippen LogP) is 4.62. The zero-order valence-electron chi connectivity index (χ0n) is 18.9. The second kappa shape index (κ2) is 13.6. The maximum Gasteiger partial charge on any atom is 0.257 e. The number of benzene rings is 3. The third kappa shape index (κ3) is 8.23. The summed E-state index contributed by atoms with van der Waals surface area (Å²) in [6.45, 7) is 1.88. The number of carbonyl (C=O) groups is 1. The number of nitriles is 1. The molecule has 3 rings (SSSR count). The van der Waals surface area contributed by atoms with Gasteiger partial charge < -0.3 is 14.4 Å². The molecule has 34 heavy (non-hydrogen) atoms. The number of ether oxygens (including phenoxy) is 2. The summed E-state index contributed by atoms with van der Waals surface area (Å²) in [5, 5.41) is 12.1. The second-order valence-corrected chi connectivity index (χ2v) is 7.81.